The maximum Gasteiger partial charge on any atom is 0.160 e. The third kappa shape index (κ3) is 3.43. The maximum atomic E-state index is 4.99. The molecule has 0 N–H and O–H groups in total. The highest BCUT2D eigenvalue weighted by Crippen LogP contribution is 2.34. The quantitative estimate of drug-likeness (QED) is 0.564. The molecule has 0 aromatic heterocycles. The van der Waals surface area contributed by atoms with E-state index in [1.807, 2.05) is 36.4 Å². The summed E-state index contributed by atoms with van der Waals surface area (Å²) in [6.45, 7) is 6.68. The van der Waals surface area contributed by atoms with E-state index in [1.165, 1.54) is 5.56 Å². The third-order valence-corrected chi connectivity index (χ3v) is 4.73. The fourth-order valence-corrected chi connectivity index (χ4v) is 3.39. The number of rotatable bonds is 3. The fourth-order valence-electron chi connectivity index (χ4n) is 3.39. The van der Waals surface area contributed by atoms with Crippen molar-refractivity contribution in [3.8, 4) is 0 Å². The second kappa shape index (κ2) is 6.88. The van der Waals surface area contributed by atoms with Crippen molar-refractivity contribution in [1.82, 2.24) is 5.32 Å². The Balaban J connectivity index is 1.84. The zero-order valence-corrected chi connectivity index (χ0v) is 16.0. The van der Waals surface area contributed by atoms with E-state index >= 15 is 0 Å². The zero-order chi connectivity index (χ0) is 18.9. The van der Waals surface area contributed by atoms with E-state index < -0.39 is 0 Å². The van der Waals surface area contributed by atoms with Crippen LogP contribution in [0, 0.1) is 0 Å². The van der Waals surface area contributed by atoms with Crippen LogP contribution in [0.4, 0.5) is 0 Å². The van der Waals surface area contributed by atoms with Gasteiger partial charge in [-0.3, -0.25) is 0 Å². The van der Waals surface area contributed by atoms with Gasteiger partial charge in [0, 0.05) is 16.7 Å². The molecule has 2 heteroatoms. The second-order valence-electron chi connectivity index (χ2n) is 7.77. The minimum atomic E-state index is 0.0248. The lowest BCUT2D eigenvalue weighted by atomic mass is 9.83. The monoisotopic (exact) mass is 351 g/mol. The van der Waals surface area contributed by atoms with Crippen LogP contribution in [0.2, 0.25) is 0 Å². The van der Waals surface area contributed by atoms with Crippen LogP contribution >= 0.6 is 0 Å². The lowest BCUT2D eigenvalue weighted by Gasteiger charge is -2.22. The Bertz CT molecular complexity index is 1010. The van der Waals surface area contributed by atoms with Gasteiger partial charge < -0.3 is 0 Å². The molecular formula is C25H23N2. The van der Waals surface area contributed by atoms with Crippen LogP contribution in [0.1, 0.15) is 43.0 Å². The third-order valence-electron chi connectivity index (χ3n) is 4.73. The molecule has 0 fully saturated rings. The molecule has 1 aliphatic heterocycles. The van der Waals surface area contributed by atoms with Gasteiger partial charge in [0.2, 0.25) is 0 Å². The Labute approximate surface area is 161 Å². The van der Waals surface area contributed by atoms with Crippen LogP contribution < -0.4 is 5.32 Å². The van der Waals surface area contributed by atoms with Crippen molar-refractivity contribution in [2.24, 2.45) is 4.99 Å². The van der Waals surface area contributed by atoms with Gasteiger partial charge in [0.25, 0.3) is 0 Å². The summed E-state index contributed by atoms with van der Waals surface area (Å²) in [4.78, 5) is 4.99. The molecular weight excluding hydrogens is 328 g/mol. The predicted octanol–water partition coefficient (Wildman–Crippen LogP) is 5.87. The molecule has 3 aromatic rings. The van der Waals surface area contributed by atoms with Gasteiger partial charge in [0.1, 0.15) is 0 Å². The number of benzene rings is 3. The van der Waals surface area contributed by atoms with E-state index in [9.17, 15) is 0 Å². The lowest BCUT2D eigenvalue weighted by Crippen LogP contribution is -2.20. The zero-order valence-electron chi connectivity index (χ0n) is 16.0. The van der Waals surface area contributed by atoms with Crippen molar-refractivity contribution in [2.45, 2.75) is 26.2 Å². The van der Waals surface area contributed by atoms with E-state index in [2.05, 4.69) is 69.3 Å². The largest absolute Gasteiger partial charge is 0.226 e. The van der Waals surface area contributed by atoms with Crippen molar-refractivity contribution >= 4 is 17.2 Å². The predicted molar refractivity (Wildman–Crippen MR) is 114 cm³/mol. The summed E-state index contributed by atoms with van der Waals surface area (Å²) in [5.41, 5.74) is 6.42. The number of amidine groups is 1. The number of nitrogens with zero attached hydrogens (tertiary/aromatic N) is 2. The summed E-state index contributed by atoms with van der Waals surface area (Å²) in [5, 5.41) is 4.99. The molecule has 0 aliphatic carbocycles. The first kappa shape index (κ1) is 17.3. The molecule has 1 heterocycles. The molecule has 0 amide bonds. The Morgan fingerprint density at radius 3 is 1.70 bits per heavy atom. The van der Waals surface area contributed by atoms with Crippen LogP contribution in [-0.4, -0.2) is 5.84 Å². The normalized spacial score (nSPS) is 14.1. The van der Waals surface area contributed by atoms with Crippen LogP contribution in [-0.2, 0) is 5.41 Å². The summed E-state index contributed by atoms with van der Waals surface area (Å²) in [7, 11) is 0. The smallest absolute Gasteiger partial charge is 0.160 e. The molecule has 0 saturated carbocycles. The SMILES string of the molecule is CC(C)(C)c1ccccc1C1=NC(c2ccccc2)=C(c2ccccc2)[N]1. The number of aliphatic imine (C=N–C) groups is 1. The van der Waals surface area contributed by atoms with Crippen LogP contribution in [0.3, 0.4) is 0 Å². The Hall–Kier alpha value is -3.13. The van der Waals surface area contributed by atoms with E-state index in [0.29, 0.717) is 0 Å². The van der Waals surface area contributed by atoms with E-state index in [0.717, 1.165) is 33.9 Å². The molecule has 133 valence electrons. The Morgan fingerprint density at radius 2 is 1.11 bits per heavy atom. The van der Waals surface area contributed by atoms with Crippen molar-refractivity contribution in [3.05, 3.63) is 107 Å². The number of hydrogen-bond acceptors (Lipinski definition) is 1. The standard InChI is InChI=1S/C25H23N2/c1-25(2,3)21-17-11-10-16-20(21)24-26-22(18-12-6-4-7-13-18)23(27-24)19-14-8-5-9-15-19/h4-17H,1-3H3. The number of hydrogen-bond donors (Lipinski definition) is 0. The Morgan fingerprint density at radius 1 is 0.593 bits per heavy atom. The molecule has 0 unspecified atom stereocenters. The highest BCUT2D eigenvalue weighted by atomic mass is 15.1. The molecule has 3 aromatic carbocycles. The molecule has 0 saturated heterocycles. The average molecular weight is 351 g/mol. The molecule has 2 nitrogen and oxygen atoms in total. The molecule has 0 atom stereocenters. The van der Waals surface area contributed by atoms with E-state index in [1.54, 1.807) is 0 Å². The minimum Gasteiger partial charge on any atom is -0.226 e. The van der Waals surface area contributed by atoms with Gasteiger partial charge in [-0.05, 0) is 11.0 Å². The van der Waals surface area contributed by atoms with Gasteiger partial charge in [0.05, 0.1) is 11.4 Å². The van der Waals surface area contributed by atoms with Crippen molar-refractivity contribution in [2.75, 3.05) is 0 Å². The first-order chi connectivity index (χ1) is 13.0. The lowest BCUT2D eigenvalue weighted by molar-refractivity contribution is 0.589. The summed E-state index contributed by atoms with van der Waals surface area (Å²) in [6.07, 6.45) is 0. The van der Waals surface area contributed by atoms with Crippen LogP contribution in [0.5, 0.6) is 0 Å². The topological polar surface area (TPSA) is 26.5 Å². The van der Waals surface area contributed by atoms with E-state index in [4.69, 9.17) is 10.3 Å². The molecule has 27 heavy (non-hydrogen) atoms. The van der Waals surface area contributed by atoms with Gasteiger partial charge in [-0.2, -0.15) is 0 Å². The van der Waals surface area contributed by atoms with Crippen molar-refractivity contribution in [1.29, 1.82) is 0 Å². The molecule has 1 aliphatic rings. The van der Waals surface area contributed by atoms with Crippen molar-refractivity contribution < 1.29 is 0 Å². The van der Waals surface area contributed by atoms with Gasteiger partial charge in [0.15, 0.2) is 5.84 Å². The summed E-state index contributed by atoms with van der Waals surface area (Å²) in [5.74, 6) is 0.790. The summed E-state index contributed by atoms with van der Waals surface area (Å²) >= 11 is 0. The summed E-state index contributed by atoms with van der Waals surface area (Å²) < 4.78 is 0. The van der Waals surface area contributed by atoms with Crippen LogP contribution in [0.25, 0.3) is 11.4 Å². The van der Waals surface area contributed by atoms with E-state index in [-0.39, 0.29) is 5.41 Å². The highest BCUT2D eigenvalue weighted by Gasteiger charge is 2.27. The highest BCUT2D eigenvalue weighted by molar-refractivity contribution is 6.14. The average Bonchev–Trinajstić information content (AvgIpc) is 3.14. The van der Waals surface area contributed by atoms with Gasteiger partial charge in [-0.1, -0.05) is 106 Å². The Kier molecular flexibility index (Phi) is 4.41. The minimum absolute atomic E-state index is 0.0248. The molecule has 4 rings (SSSR count). The van der Waals surface area contributed by atoms with Gasteiger partial charge in [-0.15, -0.1) is 0 Å². The van der Waals surface area contributed by atoms with Gasteiger partial charge >= 0.3 is 0 Å². The fraction of sp³-hybridized carbons (Fsp3) is 0.160. The molecule has 0 bridgehead atoms. The summed E-state index contributed by atoms with van der Waals surface area (Å²) in [6, 6.07) is 29.0. The molecule has 0 spiro atoms. The van der Waals surface area contributed by atoms with Gasteiger partial charge in [-0.25, -0.2) is 10.3 Å². The first-order valence-corrected chi connectivity index (χ1v) is 9.29. The molecule has 1 radical (unpaired) electrons. The maximum absolute atomic E-state index is 4.99. The van der Waals surface area contributed by atoms with Crippen molar-refractivity contribution in [3.63, 3.8) is 0 Å². The second-order valence-corrected chi connectivity index (χ2v) is 7.77. The van der Waals surface area contributed by atoms with Crippen LogP contribution in [0.15, 0.2) is 89.9 Å². The first-order valence-electron chi connectivity index (χ1n) is 9.29.